The van der Waals surface area contributed by atoms with Gasteiger partial charge in [-0.05, 0) is 55.7 Å². The van der Waals surface area contributed by atoms with Crippen molar-refractivity contribution in [3.8, 4) is 12.1 Å². The van der Waals surface area contributed by atoms with E-state index >= 15 is 0 Å². The molecule has 5 heteroatoms. The molecule has 5 nitrogen and oxygen atoms in total. The zero-order valence-corrected chi connectivity index (χ0v) is 19.4. The Hall–Kier alpha value is -4.22. The van der Waals surface area contributed by atoms with Crippen LogP contribution in [0, 0.1) is 48.8 Å². The number of pyridine rings is 1. The summed E-state index contributed by atoms with van der Waals surface area (Å²) in [5, 5.41) is 21.2. The number of anilines is 1. The second kappa shape index (κ2) is 7.97. The summed E-state index contributed by atoms with van der Waals surface area (Å²) in [6.07, 6.45) is 5.44. The topological polar surface area (TPSA) is 80.8 Å². The number of aromatic nitrogens is 1. The maximum atomic E-state index is 14.2. The molecule has 34 heavy (non-hydrogen) atoms. The molecule has 3 aromatic rings. The molecule has 0 unspecified atom stereocenters. The number of benzene rings is 2. The van der Waals surface area contributed by atoms with Crippen molar-refractivity contribution >= 4 is 17.5 Å². The first-order valence-corrected chi connectivity index (χ1v) is 11.3. The van der Waals surface area contributed by atoms with Crippen molar-refractivity contribution in [1.82, 2.24) is 4.98 Å². The van der Waals surface area contributed by atoms with Gasteiger partial charge in [-0.3, -0.25) is 9.78 Å². The summed E-state index contributed by atoms with van der Waals surface area (Å²) in [6, 6.07) is 20.5. The van der Waals surface area contributed by atoms with Crippen LogP contribution in [0.3, 0.4) is 0 Å². The Morgan fingerprint density at radius 1 is 1.00 bits per heavy atom. The zero-order chi connectivity index (χ0) is 24.0. The minimum absolute atomic E-state index is 0.104. The van der Waals surface area contributed by atoms with E-state index in [9.17, 15) is 15.3 Å². The fraction of sp³-hybridized carbons (Fsp3) is 0.241. The molecule has 0 amide bonds. The van der Waals surface area contributed by atoms with E-state index in [1.165, 1.54) is 0 Å². The lowest BCUT2D eigenvalue weighted by atomic mass is 9.67. The molecule has 0 N–H and O–H groups in total. The van der Waals surface area contributed by atoms with E-state index < -0.39 is 23.4 Å². The number of rotatable bonds is 3. The van der Waals surface area contributed by atoms with Crippen molar-refractivity contribution in [3.63, 3.8) is 0 Å². The second-order valence-corrected chi connectivity index (χ2v) is 9.18. The summed E-state index contributed by atoms with van der Waals surface area (Å²) < 4.78 is 0. The van der Waals surface area contributed by atoms with Crippen LogP contribution < -0.4 is 4.90 Å². The Balaban J connectivity index is 1.84. The van der Waals surface area contributed by atoms with Gasteiger partial charge in [0, 0.05) is 17.7 Å². The van der Waals surface area contributed by atoms with Crippen LogP contribution in [0.25, 0.3) is 6.08 Å². The van der Waals surface area contributed by atoms with E-state index in [2.05, 4.69) is 29.3 Å². The van der Waals surface area contributed by atoms with Gasteiger partial charge >= 0.3 is 0 Å². The molecule has 1 fully saturated rings. The summed E-state index contributed by atoms with van der Waals surface area (Å²) in [4.78, 5) is 20.6. The molecule has 1 aromatic heterocycles. The standard InChI is InChI=1S/C29H24N4O/c1-18-14-19(2)25(20(3)15-18)26-27(28(34)21-8-5-4-6-9-21)33-23-10-7-13-32-22(23)11-12-24(33)29(26,16-30)17-31/h4-15,24,26-27H,1-3H3/t24-,26-,27+/m1/s1. The van der Waals surface area contributed by atoms with Gasteiger partial charge in [0.05, 0.1) is 29.6 Å². The van der Waals surface area contributed by atoms with Gasteiger partial charge in [0.15, 0.2) is 11.2 Å². The molecule has 0 bridgehead atoms. The van der Waals surface area contributed by atoms with E-state index in [0.717, 1.165) is 33.6 Å². The maximum absolute atomic E-state index is 14.2. The number of nitrogens with zero attached hydrogens (tertiary/aromatic N) is 4. The Morgan fingerprint density at radius 2 is 1.68 bits per heavy atom. The molecule has 166 valence electrons. The molecule has 0 saturated carbocycles. The van der Waals surface area contributed by atoms with Gasteiger partial charge in [0.1, 0.15) is 6.04 Å². The lowest BCUT2D eigenvalue weighted by molar-refractivity contribution is 0.0951. The highest BCUT2D eigenvalue weighted by atomic mass is 16.1. The van der Waals surface area contributed by atoms with Crippen molar-refractivity contribution in [2.24, 2.45) is 5.41 Å². The quantitative estimate of drug-likeness (QED) is 0.513. The summed E-state index contributed by atoms with van der Waals surface area (Å²) >= 11 is 0. The number of carbonyl (C=O) groups excluding carboxylic acids is 1. The van der Waals surface area contributed by atoms with Crippen molar-refractivity contribution in [2.75, 3.05) is 4.90 Å². The molecule has 0 spiro atoms. The van der Waals surface area contributed by atoms with E-state index in [1.807, 2.05) is 68.2 Å². The van der Waals surface area contributed by atoms with Crippen molar-refractivity contribution < 1.29 is 4.79 Å². The molecule has 5 rings (SSSR count). The fourth-order valence-electron chi connectivity index (χ4n) is 5.88. The van der Waals surface area contributed by atoms with Crippen molar-refractivity contribution in [3.05, 3.63) is 100 Å². The molecule has 3 atom stereocenters. The van der Waals surface area contributed by atoms with Crippen molar-refractivity contribution in [2.45, 2.75) is 38.8 Å². The number of Topliss-reactive ketones (excluding diaryl/α,β-unsaturated/α-hetero) is 1. The molecule has 3 heterocycles. The highest BCUT2D eigenvalue weighted by Crippen LogP contribution is 2.56. The van der Waals surface area contributed by atoms with Crippen LogP contribution in [0.1, 0.15) is 44.2 Å². The highest BCUT2D eigenvalue weighted by molar-refractivity contribution is 6.04. The summed E-state index contributed by atoms with van der Waals surface area (Å²) in [5.41, 5.74) is 4.58. The van der Waals surface area contributed by atoms with E-state index in [4.69, 9.17) is 0 Å². The minimum Gasteiger partial charge on any atom is -0.349 e. The number of hydrogen-bond acceptors (Lipinski definition) is 5. The van der Waals surface area contributed by atoms with Crippen LogP contribution in [0.2, 0.25) is 0 Å². The fourth-order valence-corrected chi connectivity index (χ4v) is 5.88. The average Bonchev–Trinajstić information content (AvgIpc) is 3.14. The van der Waals surface area contributed by atoms with Gasteiger partial charge in [-0.25, -0.2) is 0 Å². The third-order valence-electron chi connectivity index (χ3n) is 7.15. The van der Waals surface area contributed by atoms with E-state index in [1.54, 1.807) is 18.3 Å². The largest absolute Gasteiger partial charge is 0.349 e. The molecule has 2 aromatic carbocycles. The number of fused-ring (bicyclic) bond motifs is 3. The zero-order valence-electron chi connectivity index (χ0n) is 19.4. The predicted octanol–water partition coefficient (Wildman–Crippen LogP) is 5.29. The minimum atomic E-state index is -1.45. The SMILES string of the molecule is Cc1cc(C)c([C@@H]2[C@@H](C(=O)c3ccccc3)N3c4cccnc4C=C[C@@H]3C2(C#N)C#N)c(C)c1. The molecule has 0 radical (unpaired) electrons. The highest BCUT2D eigenvalue weighted by Gasteiger charge is 2.64. The molecule has 2 aliphatic heterocycles. The Bertz CT molecular complexity index is 1370. The Labute approximate surface area is 199 Å². The lowest BCUT2D eigenvalue weighted by Crippen LogP contribution is -2.44. The van der Waals surface area contributed by atoms with Crippen LogP contribution in [0.5, 0.6) is 0 Å². The second-order valence-electron chi connectivity index (χ2n) is 9.18. The number of aryl methyl sites for hydroxylation is 3. The molecular weight excluding hydrogens is 420 g/mol. The monoisotopic (exact) mass is 444 g/mol. The lowest BCUT2D eigenvalue weighted by Gasteiger charge is -2.35. The molecular formula is C29H24N4O. The number of nitriles is 2. The number of ketones is 1. The van der Waals surface area contributed by atoms with Gasteiger partial charge in [-0.1, -0.05) is 54.1 Å². The summed E-state index contributed by atoms with van der Waals surface area (Å²) in [5.74, 6) is -0.746. The van der Waals surface area contributed by atoms with Crippen LogP contribution in [0.15, 0.2) is 66.9 Å². The molecule has 1 saturated heterocycles. The normalized spacial score (nSPS) is 21.8. The van der Waals surface area contributed by atoms with E-state index in [0.29, 0.717) is 5.56 Å². The first-order chi connectivity index (χ1) is 16.4. The van der Waals surface area contributed by atoms with E-state index in [-0.39, 0.29) is 5.78 Å². The molecule has 0 aliphatic carbocycles. The van der Waals surface area contributed by atoms with Crippen LogP contribution in [0.4, 0.5) is 5.69 Å². The van der Waals surface area contributed by atoms with Gasteiger partial charge < -0.3 is 4.90 Å². The summed E-state index contributed by atoms with van der Waals surface area (Å²) in [6.45, 7) is 6.03. The van der Waals surface area contributed by atoms with Gasteiger partial charge in [0.25, 0.3) is 0 Å². The maximum Gasteiger partial charge on any atom is 0.185 e. The van der Waals surface area contributed by atoms with Gasteiger partial charge in [-0.15, -0.1) is 0 Å². The van der Waals surface area contributed by atoms with Gasteiger partial charge in [0.2, 0.25) is 0 Å². The van der Waals surface area contributed by atoms with Crippen LogP contribution in [-0.2, 0) is 0 Å². The third-order valence-corrected chi connectivity index (χ3v) is 7.15. The molecule has 2 aliphatic rings. The van der Waals surface area contributed by atoms with Crippen molar-refractivity contribution in [1.29, 1.82) is 10.5 Å². The first-order valence-electron chi connectivity index (χ1n) is 11.3. The summed E-state index contributed by atoms with van der Waals surface area (Å²) in [7, 11) is 0. The predicted molar refractivity (Wildman–Crippen MR) is 131 cm³/mol. The Morgan fingerprint density at radius 3 is 2.32 bits per heavy atom. The Kier molecular flexibility index (Phi) is 5.07. The first kappa shape index (κ1) is 21.6. The van der Waals surface area contributed by atoms with Gasteiger partial charge in [-0.2, -0.15) is 10.5 Å². The van der Waals surface area contributed by atoms with Crippen LogP contribution >= 0.6 is 0 Å². The number of hydrogen-bond donors (Lipinski definition) is 0. The number of carbonyl (C=O) groups is 1. The van der Waals surface area contributed by atoms with Crippen LogP contribution in [-0.4, -0.2) is 22.9 Å². The third kappa shape index (κ3) is 2.98. The average molecular weight is 445 g/mol. The smallest absolute Gasteiger partial charge is 0.185 e.